The monoisotopic (exact) mass is 384 g/mol. The number of amides is 1. The van der Waals surface area contributed by atoms with E-state index in [1.165, 1.54) is 6.07 Å². The van der Waals surface area contributed by atoms with Crippen molar-refractivity contribution < 1.29 is 9.72 Å². The Morgan fingerprint density at radius 1 is 1.18 bits per heavy atom. The van der Waals surface area contributed by atoms with Crippen LogP contribution in [0.5, 0.6) is 0 Å². The van der Waals surface area contributed by atoms with Crippen molar-refractivity contribution in [3.05, 3.63) is 52.7 Å². The van der Waals surface area contributed by atoms with E-state index in [-0.39, 0.29) is 18.0 Å². The maximum atomic E-state index is 12.1. The molecule has 9 heteroatoms. The average molecular weight is 384 g/mol. The molecule has 28 heavy (non-hydrogen) atoms. The summed E-state index contributed by atoms with van der Waals surface area (Å²) in [6.45, 7) is 4.18. The van der Waals surface area contributed by atoms with Crippen molar-refractivity contribution in [1.82, 2.24) is 9.88 Å². The number of pyridine rings is 1. The quantitative estimate of drug-likeness (QED) is 0.557. The number of hydrogen-bond acceptors (Lipinski definition) is 7. The molecule has 148 valence electrons. The van der Waals surface area contributed by atoms with E-state index in [4.69, 9.17) is 0 Å². The maximum absolute atomic E-state index is 12.1. The van der Waals surface area contributed by atoms with Crippen molar-refractivity contribution in [2.45, 2.75) is 6.42 Å². The third-order valence-electron chi connectivity index (χ3n) is 4.63. The highest BCUT2D eigenvalue weighted by molar-refractivity contribution is 5.91. The normalized spacial score (nSPS) is 14.5. The SMILES string of the molecule is CN1CCN(c2ccc(NC(=O)CCNc3ccccc3[N+](=O)[O-])cn2)CC1. The first-order valence-corrected chi connectivity index (χ1v) is 9.19. The van der Waals surface area contributed by atoms with Gasteiger partial charge in [0.2, 0.25) is 5.91 Å². The molecule has 1 aliphatic rings. The van der Waals surface area contributed by atoms with Crippen LogP contribution in [0.3, 0.4) is 0 Å². The Labute approximate surface area is 163 Å². The molecular weight excluding hydrogens is 360 g/mol. The molecule has 1 saturated heterocycles. The Morgan fingerprint density at radius 2 is 1.93 bits per heavy atom. The van der Waals surface area contributed by atoms with Gasteiger partial charge >= 0.3 is 0 Å². The van der Waals surface area contributed by atoms with Crippen LogP contribution in [0, 0.1) is 10.1 Å². The van der Waals surface area contributed by atoms with Gasteiger partial charge < -0.3 is 20.4 Å². The number of aromatic nitrogens is 1. The Hall–Kier alpha value is -3.20. The zero-order valence-corrected chi connectivity index (χ0v) is 15.8. The summed E-state index contributed by atoms with van der Waals surface area (Å²) in [4.78, 5) is 31.6. The van der Waals surface area contributed by atoms with Crippen molar-refractivity contribution in [1.29, 1.82) is 0 Å². The van der Waals surface area contributed by atoms with Crippen LogP contribution in [0.15, 0.2) is 42.6 Å². The molecule has 0 radical (unpaired) electrons. The van der Waals surface area contributed by atoms with Crippen LogP contribution in [0.25, 0.3) is 0 Å². The van der Waals surface area contributed by atoms with Gasteiger partial charge in [0.15, 0.2) is 0 Å². The molecule has 3 rings (SSSR count). The van der Waals surface area contributed by atoms with Crippen LogP contribution in [-0.2, 0) is 4.79 Å². The summed E-state index contributed by atoms with van der Waals surface area (Å²) in [6.07, 6.45) is 1.84. The Morgan fingerprint density at radius 3 is 2.61 bits per heavy atom. The number of carbonyl (C=O) groups is 1. The molecule has 0 spiro atoms. The largest absolute Gasteiger partial charge is 0.379 e. The number of rotatable bonds is 7. The molecule has 0 bridgehead atoms. The molecule has 9 nitrogen and oxygen atoms in total. The second-order valence-corrected chi connectivity index (χ2v) is 6.69. The number of nitrogens with one attached hydrogen (secondary N) is 2. The minimum Gasteiger partial charge on any atom is -0.379 e. The lowest BCUT2D eigenvalue weighted by Crippen LogP contribution is -2.44. The van der Waals surface area contributed by atoms with Gasteiger partial charge in [0.1, 0.15) is 11.5 Å². The van der Waals surface area contributed by atoms with Crippen LogP contribution in [0.2, 0.25) is 0 Å². The zero-order chi connectivity index (χ0) is 19.9. The number of nitro groups is 1. The lowest BCUT2D eigenvalue weighted by atomic mass is 10.2. The molecule has 1 aromatic carbocycles. The molecule has 0 atom stereocenters. The van der Waals surface area contributed by atoms with Gasteiger partial charge in [-0.05, 0) is 25.2 Å². The van der Waals surface area contributed by atoms with Gasteiger partial charge in [0.05, 0.1) is 16.8 Å². The predicted octanol–water partition coefficient (Wildman–Crippen LogP) is 2.18. The van der Waals surface area contributed by atoms with E-state index in [0.717, 1.165) is 32.0 Å². The smallest absolute Gasteiger partial charge is 0.292 e. The fraction of sp³-hybridized carbons (Fsp3) is 0.368. The highest BCUT2D eigenvalue weighted by Gasteiger charge is 2.15. The first kappa shape index (κ1) is 19.6. The first-order valence-electron chi connectivity index (χ1n) is 9.19. The number of nitro benzene ring substituents is 1. The Kier molecular flexibility index (Phi) is 6.38. The molecule has 1 aromatic heterocycles. The number of para-hydroxylation sites is 2. The number of carbonyl (C=O) groups excluding carboxylic acids is 1. The van der Waals surface area contributed by atoms with Gasteiger partial charge in [-0.2, -0.15) is 0 Å². The topological polar surface area (TPSA) is 104 Å². The van der Waals surface area contributed by atoms with E-state index in [9.17, 15) is 14.9 Å². The molecule has 0 aliphatic carbocycles. The van der Waals surface area contributed by atoms with Crippen LogP contribution < -0.4 is 15.5 Å². The van der Waals surface area contributed by atoms with Crippen molar-refractivity contribution in [2.24, 2.45) is 0 Å². The molecule has 0 unspecified atom stereocenters. The number of piperazine rings is 1. The summed E-state index contributed by atoms with van der Waals surface area (Å²) >= 11 is 0. The number of hydrogen-bond donors (Lipinski definition) is 2. The molecule has 1 fully saturated rings. The minimum absolute atomic E-state index is 0.00777. The van der Waals surface area contributed by atoms with E-state index < -0.39 is 4.92 Å². The fourth-order valence-electron chi connectivity index (χ4n) is 3.00. The summed E-state index contributed by atoms with van der Waals surface area (Å²) in [6, 6.07) is 10.1. The van der Waals surface area contributed by atoms with Crippen LogP contribution in [-0.4, -0.2) is 60.5 Å². The summed E-state index contributed by atoms with van der Waals surface area (Å²) < 4.78 is 0. The van der Waals surface area contributed by atoms with Crippen molar-refractivity contribution in [3.63, 3.8) is 0 Å². The first-order chi connectivity index (χ1) is 13.5. The lowest BCUT2D eigenvalue weighted by Gasteiger charge is -2.33. The van der Waals surface area contributed by atoms with Gasteiger partial charge in [-0.3, -0.25) is 14.9 Å². The predicted molar refractivity (Wildman–Crippen MR) is 109 cm³/mol. The molecule has 1 aliphatic heterocycles. The number of benzene rings is 1. The third kappa shape index (κ3) is 5.17. The summed E-state index contributed by atoms with van der Waals surface area (Å²) in [5.74, 6) is 0.726. The van der Waals surface area contributed by atoms with Crippen LogP contribution in [0.1, 0.15) is 6.42 Å². The summed E-state index contributed by atoms with van der Waals surface area (Å²) in [5.41, 5.74) is 1.03. The maximum Gasteiger partial charge on any atom is 0.292 e. The number of anilines is 3. The Balaban J connectivity index is 1.47. The number of likely N-dealkylation sites (N-methyl/N-ethyl adjacent to an activating group) is 1. The second kappa shape index (κ2) is 9.14. The molecule has 2 heterocycles. The fourth-order valence-corrected chi connectivity index (χ4v) is 3.00. The van der Waals surface area contributed by atoms with Crippen LogP contribution in [0.4, 0.5) is 22.9 Å². The van der Waals surface area contributed by atoms with E-state index in [1.54, 1.807) is 24.4 Å². The van der Waals surface area contributed by atoms with Crippen molar-refractivity contribution in [3.8, 4) is 0 Å². The average Bonchev–Trinajstić information content (AvgIpc) is 2.69. The van der Waals surface area contributed by atoms with E-state index in [0.29, 0.717) is 17.9 Å². The Bertz CT molecular complexity index is 819. The highest BCUT2D eigenvalue weighted by atomic mass is 16.6. The second-order valence-electron chi connectivity index (χ2n) is 6.69. The van der Waals surface area contributed by atoms with Crippen molar-refractivity contribution in [2.75, 3.05) is 55.3 Å². The summed E-state index contributed by atoms with van der Waals surface area (Å²) in [5, 5.41) is 16.7. The van der Waals surface area contributed by atoms with Gasteiger partial charge in [-0.1, -0.05) is 12.1 Å². The zero-order valence-electron chi connectivity index (χ0n) is 15.8. The van der Waals surface area contributed by atoms with Gasteiger partial charge in [-0.15, -0.1) is 0 Å². The van der Waals surface area contributed by atoms with E-state index >= 15 is 0 Å². The van der Waals surface area contributed by atoms with Gasteiger partial charge in [0.25, 0.3) is 5.69 Å². The number of nitrogens with zero attached hydrogens (tertiary/aromatic N) is 4. The molecular formula is C19H24N6O3. The third-order valence-corrected chi connectivity index (χ3v) is 4.63. The minimum atomic E-state index is -0.448. The standard InChI is InChI=1S/C19H24N6O3/c1-23-10-12-24(13-11-23)18-7-6-15(14-21-18)22-19(26)8-9-20-16-4-2-3-5-17(16)25(27)28/h2-7,14,20H,8-13H2,1H3,(H,22,26). The molecule has 2 aromatic rings. The highest BCUT2D eigenvalue weighted by Crippen LogP contribution is 2.23. The molecule has 1 amide bonds. The summed E-state index contributed by atoms with van der Waals surface area (Å²) in [7, 11) is 2.11. The van der Waals surface area contributed by atoms with Gasteiger partial charge in [0, 0.05) is 45.2 Å². The van der Waals surface area contributed by atoms with Crippen molar-refractivity contribution >= 4 is 28.8 Å². The van der Waals surface area contributed by atoms with E-state index in [2.05, 4.69) is 32.5 Å². The lowest BCUT2D eigenvalue weighted by molar-refractivity contribution is -0.384. The van der Waals surface area contributed by atoms with Crippen LogP contribution >= 0.6 is 0 Å². The van der Waals surface area contributed by atoms with E-state index in [1.807, 2.05) is 12.1 Å². The van der Waals surface area contributed by atoms with Gasteiger partial charge in [-0.25, -0.2) is 4.98 Å². The molecule has 2 N–H and O–H groups in total. The molecule has 0 saturated carbocycles.